The number of aliphatic carboxylic acids is 1. The molecule has 152 valence electrons. The summed E-state index contributed by atoms with van der Waals surface area (Å²) in [5.74, 6) is -2.76. The van der Waals surface area contributed by atoms with Crippen LogP contribution in [-0.4, -0.2) is 65.1 Å². The van der Waals surface area contributed by atoms with E-state index in [1.54, 1.807) is 11.3 Å². The van der Waals surface area contributed by atoms with Gasteiger partial charge in [-0.05, 0) is 19.8 Å². The fourth-order valence-electron chi connectivity index (χ4n) is 3.25. The second-order valence-corrected chi connectivity index (χ2v) is 7.33. The lowest BCUT2D eigenvalue weighted by Gasteiger charge is -2.38. The summed E-state index contributed by atoms with van der Waals surface area (Å²) < 4.78 is 43.5. The third-order valence-corrected chi connectivity index (χ3v) is 5.18. The Morgan fingerprint density at radius 1 is 1.56 bits per heavy atom. The van der Waals surface area contributed by atoms with Crippen molar-refractivity contribution in [2.45, 2.75) is 50.7 Å². The largest absolute Gasteiger partial charge is 0.490 e. The maximum Gasteiger partial charge on any atom is 0.490 e. The van der Waals surface area contributed by atoms with Crippen molar-refractivity contribution in [3.8, 4) is 0 Å². The van der Waals surface area contributed by atoms with Gasteiger partial charge in [-0.15, -0.1) is 17.9 Å². The number of nitrogens with zero attached hydrogens (tertiary/aromatic N) is 2. The first kappa shape index (κ1) is 21.8. The molecule has 3 atom stereocenters. The second kappa shape index (κ2) is 9.63. The van der Waals surface area contributed by atoms with E-state index < -0.39 is 12.1 Å². The predicted molar refractivity (Wildman–Crippen MR) is 93.7 cm³/mol. The number of aromatic nitrogens is 1. The second-order valence-electron chi connectivity index (χ2n) is 6.27. The van der Waals surface area contributed by atoms with E-state index in [0.29, 0.717) is 12.6 Å². The van der Waals surface area contributed by atoms with E-state index >= 15 is 0 Å². The summed E-state index contributed by atoms with van der Waals surface area (Å²) in [6, 6.07) is 0.473. The Kier molecular flexibility index (Phi) is 7.78. The Balaban J connectivity index is 0.000000321. The molecule has 0 spiro atoms. The van der Waals surface area contributed by atoms with E-state index in [4.69, 9.17) is 19.4 Å². The number of ether oxygens (including phenoxy) is 2. The smallest absolute Gasteiger partial charge is 0.475 e. The summed E-state index contributed by atoms with van der Waals surface area (Å²) in [6.45, 7) is 9.11. The molecule has 1 saturated carbocycles. The molecule has 2 aliphatic rings. The highest BCUT2D eigenvalue weighted by Gasteiger charge is 2.43. The van der Waals surface area contributed by atoms with Gasteiger partial charge in [-0.3, -0.25) is 4.90 Å². The minimum atomic E-state index is -5.08. The van der Waals surface area contributed by atoms with Gasteiger partial charge in [0.1, 0.15) is 0 Å². The van der Waals surface area contributed by atoms with Crippen molar-refractivity contribution in [3.05, 3.63) is 28.7 Å². The molecule has 0 bridgehead atoms. The number of thiazole rings is 1. The summed E-state index contributed by atoms with van der Waals surface area (Å²) in [4.78, 5) is 16.0. The Bertz CT molecular complexity index is 638. The lowest BCUT2D eigenvalue weighted by Crippen LogP contribution is -2.51. The first-order valence-electron chi connectivity index (χ1n) is 8.51. The molecule has 0 aromatic carbocycles. The zero-order valence-electron chi connectivity index (χ0n) is 14.9. The highest BCUT2D eigenvalue weighted by atomic mass is 32.1. The highest BCUT2D eigenvalue weighted by molar-refractivity contribution is 7.09. The van der Waals surface area contributed by atoms with Gasteiger partial charge in [-0.1, -0.05) is 6.08 Å². The van der Waals surface area contributed by atoms with E-state index in [-0.39, 0.29) is 12.2 Å². The number of carboxylic acids is 1. The quantitative estimate of drug-likeness (QED) is 0.756. The van der Waals surface area contributed by atoms with Crippen LogP contribution in [0.15, 0.2) is 18.0 Å². The fraction of sp³-hybridized carbons (Fsp3) is 0.647. The number of fused-ring (bicyclic) bond motifs is 1. The summed E-state index contributed by atoms with van der Waals surface area (Å²) in [6.07, 6.45) is -0.612. The van der Waals surface area contributed by atoms with Crippen molar-refractivity contribution in [1.29, 1.82) is 0 Å². The lowest BCUT2D eigenvalue weighted by molar-refractivity contribution is -0.192. The number of rotatable bonds is 5. The van der Waals surface area contributed by atoms with Crippen molar-refractivity contribution in [3.63, 3.8) is 0 Å². The van der Waals surface area contributed by atoms with Gasteiger partial charge in [0, 0.05) is 24.5 Å². The predicted octanol–water partition coefficient (Wildman–Crippen LogP) is 3.02. The standard InChI is InChI=1S/C15H22N2O2S.C2HF3O2/c1-3-7-18-14-5-4-13-15(14)19-8-6-17(13)9-12-10-20-11(2)16-12;3-2(4,5)1(6)7/h3,10,13-15H,1,4-9H2,2H3;(H,6,7)/t13-,14-,15+;/m0./s1. The number of aryl methyl sites for hydroxylation is 1. The number of halogens is 3. The molecule has 0 amide bonds. The minimum absolute atomic E-state index is 0.212. The van der Waals surface area contributed by atoms with Gasteiger partial charge >= 0.3 is 12.1 Å². The van der Waals surface area contributed by atoms with Crippen LogP contribution in [-0.2, 0) is 20.8 Å². The Morgan fingerprint density at radius 3 is 2.81 bits per heavy atom. The molecule has 2 fully saturated rings. The summed E-state index contributed by atoms with van der Waals surface area (Å²) in [5.41, 5.74) is 1.18. The molecule has 1 aromatic rings. The van der Waals surface area contributed by atoms with Gasteiger partial charge in [0.25, 0.3) is 0 Å². The maximum atomic E-state index is 10.6. The van der Waals surface area contributed by atoms with Crippen LogP contribution in [0.3, 0.4) is 0 Å². The molecule has 1 N–H and O–H groups in total. The third kappa shape index (κ3) is 6.27. The van der Waals surface area contributed by atoms with Crippen LogP contribution in [0.1, 0.15) is 23.5 Å². The lowest BCUT2D eigenvalue weighted by atomic mass is 10.1. The first-order chi connectivity index (χ1) is 12.7. The van der Waals surface area contributed by atoms with Crippen LogP contribution in [0.5, 0.6) is 0 Å². The zero-order valence-corrected chi connectivity index (χ0v) is 15.8. The average Bonchev–Trinajstić information content (AvgIpc) is 3.19. The number of carbonyl (C=O) groups is 1. The molecule has 3 rings (SSSR count). The molecule has 1 aromatic heterocycles. The van der Waals surface area contributed by atoms with Crippen molar-refractivity contribution in [1.82, 2.24) is 9.88 Å². The highest BCUT2D eigenvalue weighted by Crippen LogP contribution is 2.33. The van der Waals surface area contributed by atoms with Crippen LogP contribution in [0, 0.1) is 6.92 Å². The SMILES string of the molecule is C=CCO[C@H]1CC[C@H]2[C@H]1OCCN2Cc1csc(C)n1.O=C(O)C(F)(F)F. The molecule has 1 saturated heterocycles. The number of hydrogen-bond donors (Lipinski definition) is 1. The molecule has 6 nitrogen and oxygen atoms in total. The molecule has 27 heavy (non-hydrogen) atoms. The van der Waals surface area contributed by atoms with E-state index in [1.807, 2.05) is 6.08 Å². The van der Waals surface area contributed by atoms with Crippen LogP contribution in [0.25, 0.3) is 0 Å². The molecule has 0 unspecified atom stereocenters. The molecule has 1 aliphatic heterocycles. The van der Waals surface area contributed by atoms with Crippen LogP contribution in [0.2, 0.25) is 0 Å². The number of hydrogen-bond acceptors (Lipinski definition) is 6. The van der Waals surface area contributed by atoms with Crippen LogP contribution < -0.4 is 0 Å². The van der Waals surface area contributed by atoms with Gasteiger partial charge < -0.3 is 14.6 Å². The van der Waals surface area contributed by atoms with E-state index in [2.05, 4.69) is 28.8 Å². The molecular weight excluding hydrogens is 385 g/mol. The zero-order chi connectivity index (χ0) is 20.0. The maximum absolute atomic E-state index is 10.6. The van der Waals surface area contributed by atoms with Crippen LogP contribution in [0.4, 0.5) is 13.2 Å². The van der Waals surface area contributed by atoms with Gasteiger partial charge in [0.15, 0.2) is 0 Å². The summed E-state index contributed by atoms with van der Waals surface area (Å²) in [5, 5.41) is 10.4. The van der Waals surface area contributed by atoms with E-state index in [0.717, 1.165) is 37.5 Å². The van der Waals surface area contributed by atoms with Crippen molar-refractivity contribution in [2.24, 2.45) is 0 Å². The number of carboxylic acid groups (broad SMARTS) is 1. The Labute approximate surface area is 159 Å². The fourth-order valence-corrected chi connectivity index (χ4v) is 3.85. The first-order valence-corrected chi connectivity index (χ1v) is 9.39. The molecular formula is C17H23F3N2O4S. The summed E-state index contributed by atoms with van der Waals surface area (Å²) >= 11 is 1.73. The van der Waals surface area contributed by atoms with E-state index in [1.165, 1.54) is 5.69 Å². The number of morpholine rings is 1. The molecule has 1 aliphatic carbocycles. The Morgan fingerprint density at radius 2 is 2.26 bits per heavy atom. The van der Waals surface area contributed by atoms with Crippen molar-refractivity contribution >= 4 is 17.3 Å². The topological polar surface area (TPSA) is 71.9 Å². The normalized spacial score (nSPS) is 25.4. The number of alkyl halides is 3. The third-order valence-electron chi connectivity index (χ3n) is 4.35. The minimum Gasteiger partial charge on any atom is -0.475 e. The van der Waals surface area contributed by atoms with Crippen molar-refractivity contribution in [2.75, 3.05) is 19.8 Å². The van der Waals surface area contributed by atoms with Gasteiger partial charge in [-0.2, -0.15) is 13.2 Å². The Hall–Kier alpha value is -1.49. The monoisotopic (exact) mass is 408 g/mol. The molecule has 10 heteroatoms. The molecule has 2 heterocycles. The van der Waals surface area contributed by atoms with Gasteiger partial charge in [-0.25, -0.2) is 9.78 Å². The van der Waals surface area contributed by atoms with Gasteiger partial charge in [0.2, 0.25) is 0 Å². The van der Waals surface area contributed by atoms with Gasteiger partial charge in [0.05, 0.1) is 36.1 Å². The average molecular weight is 408 g/mol. The summed E-state index contributed by atoms with van der Waals surface area (Å²) in [7, 11) is 0. The molecule has 0 radical (unpaired) electrons. The van der Waals surface area contributed by atoms with E-state index in [9.17, 15) is 13.2 Å². The van der Waals surface area contributed by atoms with Crippen LogP contribution >= 0.6 is 11.3 Å². The van der Waals surface area contributed by atoms with Crippen molar-refractivity contribution < 1.29 is 32.5 Å².